The third-order valence-electron chi connectivity index (χ3n) is 3.86. The van der Waals surface area contributed by atoms with Crippen LogP contribution in [0.5, 0.6) is 0 Å². The van der Waals surface area contributed by atoms with E-state index >= 15 is 0 Å². The average Bonchev–Trinajstić information content (AvgIpc) is 3.04. The van der Waals surface area contributed by atoms with Gasteiger partial charge in [0.25, 0.3) is 0 Å². The molecule has 3 rings (SSSR count). The molecule has 1 saturated heterocycles. The lowest BCUT2D eigenvalue weighted by atomic mass is 9.99. The van der Waals surface area contributed by atoms with Crippen molar-refractivity contribution >= 4 is 35.3 Å². The van der Waals surface area contributed by atoms with Crippen molar-refractivity contribution in [1.82, 2.24) is 19.7 Å². The van der Waals surface area contributed by atoms with E-state index in [1.165, 1.54) is 11.3 Å². The van der Waals surface area contributed by atoms with Crippen LogP contribution in [0.3, 0.4) is 0 Å². The first-order valence-electron chi connectivity index (χ1n) is 7.31. The molecule has 0 spiro atoms. The first kappa shape index (κ1) is 17.5. The Balaban J connectivity index is 0.00000176. The van der Waals surface area contributed by atoms with Crippen LogP contribution < -0.4 is 11.0 Å². The summed E-state index contributed by atoms with van der Waals surface area (Å²) in [6.45, 7) is 5.12. The number of rotatable bonds is 4. The highest BCUT2D eigenvalue weighted by Gasteiger charge is 2.23. The van der Waals surface area contributed by atoms with Crippen LogP contribution in [-0.2, 0) is 13.1 Å². The van der Waals surface area contributed by atoms with Gasteiger partial charge in [-0.3, -0.25) is 4.57 Å². The lowest BCUT2D eigenvalue weighted by molar-refractivity contribution is 0.431. The zero-order valence-electron chi connectivity index (χ0n) is 12.4. The van der Waals surface area contributed by atoms with Crippen LogP contribution in [0.1, 0.15) is 36.4 Å². The van der Waals surface area contributed by atoms with Gasteiger partial charge in [-0.1, -0.05) is 11.6 Å². The molecule has 0 aromatic carbocycles. The molecule has 0 bridgehead atoms. The number of nitrogens with zero attached hydrogens (tertiary/aromatic N) is 3. The van der Waals surface area contributed by atoms with Gasteiger partial charge in [0.2, 0.25) is 0 Å². The van der Waals surface area contributed by atoms with Crippen molar-refractivity contribution in [2.45, 2.75) is 38.8 Å². The third kappa shape index (κ3) is 3.56. The summed E-state index contributed by atoms with van der Waals surface area (Å²) >= 11 is 7.44. The number of hydrogen-bond donors (Lipinski definition) is 1. The summed E-state index contributed by atoms with van der Waals surface area (Å²) in [4.78, 5) is 13.5. The fraction of sp³-hybridized carbons (Fsp3) is 0.571. The SMILES string of the molecule is CCn1c(C2CCCNC2)nn(Cc2ccc(Cl)s2)c1=O.Cl. The van der Waals surface area contributed by atoms with Crippen molar-refractivity contribution in [1.29, 1.82) is 0 Å². The molecule has 122 valence electrons. The zero-order chi connectivity index (χ0) is 14.8. The molecular formula is C14H20Cl2N4OS. The number of thiophene rings is 1. The van der Waals surface area contributed by atoms with Gasteiger partial charge in [-0.2, -0.15) is 5.10 Å². The minimum absolute atomic E-state index is 0. The fourth-order valence-corrected chi connectivity index (χ4v) is 3.89. The van der Waals surface area contributed by atoms with Gasteiger partial charge in [-0.05, 0) is 38.4 Å². The molecule has 1 N–H and O–H groups in total. The second-order valence-corrected chi connectivity index (χ2v) is 7.09. The number of aromatic nitrogens is 3. The van der Waals surface area contributed by atoms with Gasteiger partial charge in [-0.15, -0.1) is 23.7 Å². The molecular weight excluding hydrogens is 343 g/mol. The topological polar surface area (TPSA) is 51.9 Å². The summed E-state index contributed by atoms with van der Waals surface area (Å²) in [5, 5.41) is 7.99. The van der Waals surface area contributed by atoms with Gasteiger partial charge in [0.05, 0.1) is 10.9 Å². The third-order valence-corrected chi connectivity index (χ3v) is 5.08. The Labute approximate surface area is 144 Å². The predicted molar refractivity (Wildman–Crippen MR) is 92.7 cm³/mol. The first-order valence-corrected chi connectivity index (χ1v) is 8.51. The minimum Gasteiger partial charge on any atom is -0.316 e. The predicted octanol–water partition coefficient (Wildman–Crippen LogP) is 2.72. The van der Waals surface area contributed by atoms with Crippen molar-refractivity contribution in [3.63, 3.8) is 0 Å². The highest BCUT2D eigenvalue weighted by molar-refractivity contribution is 7.16. The quantitative estimate of drug-likeness (QED) is 0.909. The summed E-state index contributed by atoms with van der Waals surface area (Å²) in [5.41, 5.74) is -0.0254. The number of hydrogen-bond acceptors (Lipinski definition) is 4. The molecule has 2 aromatic heterocycles. The standard InChI is InChI=1S/C14H19ClN4OS.ClH/c1-2-18-13(10-4-3-7-16-8-10)17-19(14(18)20)9-11-5-6-12(15)21-11;/h5-6,10,16H,2-4,7-9H2,1H3;1H. The molecule has 1 unspecified atom stereocenters. The van der Waals surface area contributed by atoms with E-state index in [4.69, 9.17) is 11.6 Å². The first-order chi connectivity index (χ1) is 10.2. The molecule has 1 aliphatic rings. The summed E-state index contributed by atoms with van der Waals surface area (Å²) in [5.74, 6) is 1.25. The molecule has 0 amide bonds. The second kappa shape index (κ2) is 7.64. The van der Waals surface area contributed by atoms with Crippen LogP contribution in [-0.4, -0.2) is 27.4 Å². The fourth-order valence-electron chi connectivity index (χ4n) is 2.82. The normalized spacial score (nSPS) is 18.2. The van der Waals surface area contributed by atoms with Gasteiger partial charge < -0.3 is 5.32 Å². The van der Waals surface area contributed by atoms with Gasteiger partial charge in [0, 0.05) is 23.9 Å². The van der Waals surface area contributed by atoms with Crippen LogP contribution in [0.2, 0.25) is 4.34 Å². The van der Waals surface area contributed by atoms with Crippen LogP contribution >= 0.6 is 35.3 Å². The van der Waals surface area contributed by atoms with E-state index in [9.17, 15) is 4.79 Å². The van der Waals surface area contributed by atoms with E-state index in [-0.39, 0.29) is 18.1 Å². The second-order valence-electron chi connectivity index (χ2n) is 5.29. The maximum absolute atomic E-state index is 12.5. The molecule has 8 heteroatoms. The van der Waals surface area contributed by atoms with Gasteiger partial charge in [0.1, 0.15) is 5.82 Å². The Morgan fingerprint density at radius 1 is 1.50 bits per heavy atom. The van der Waals surface area contributed by atoms with Crippen molar-refractivity contribution in [3.8, 4) is 0 Å². The Hall–Kier alpha value is -0.820. The summed E-state index contributed by atoms with van der Waals surface area (Å²) < 4.78 is 4.10. The van der Waals surface area contributed by atoms with Crippen molar-refractivity contribution < 1.29 is 0 Å². The van der Waals surface area contributed by atoms with Crippen molar-refractivity contribution in [3.05, 3.63) is 37.7 Å². The lowest BCUT2D eigenvalue weighted by Gasteiger charge is -2.21. The maximum atomic E-state index is 12.5. The van der Waals surface area contributed by atoms with E-state index in [1.807, 2.05) is 19.1 Å². The molecule has 1 atom stereocenters. The molecule has 0 aliphatic carbocycles. The van der Waals surface area contributed by atoms with Gasteiger partial charge in [-0.25, -0.2) is 9.48 Å². The number of piperidine rings is 1. The van der Waals surface area contributed by atoms with Crippen molar-refractivity contribution in [2.75, 3.05) is 13.1 Å². The molecule has 3 heterocycles. The Morgan fingerprint density at radius 3 is 2.91 bits per heavy atom. The van der Waals surface area contributed by atoms with Crippen molar-refractivity contribution in [2.24, 2.45) is 0 Å². The van der Waals surface area contributed by atoms with Gasteiger partial charge >= 0.3 is 5.69 Å². The number of nitrogens with one attached hydrogen (secondary N) is 1. The maximum Gasteiger partial charge on any atom is 0.346 e. The zero-order valence-corrected chi connectivity index (χ0v) is 14.8. The molecule has 0 radical (unpaired) electrons. The van der Waals surface area contributed by atoms with Gasteiger partial charge in [0.15, 0.2) is 0 Å². The Bertz CT molecular complexity index is 673. The van der Waals surface area contributed by atoms with Crippen LogP contribution in [0.4, 0.5) is 0 Å². The highest BCUT2D eigenvalue weighted by atomic mass is 35.5. The molecule has 2 aromatic rings. The van der Waals surface area contributed by atoms with E-state index < -0.39 is 0 Å². The lowest BCUT2D eigenvalue weighted by Crippen LogP contribution is -2.31. The molecule has 22 heavy (non-hydrogen) atoms. The average molecular weight is 363 g/mol. The van der Waals surface area contributed by atoms with Crippen LogP contribution in [0.25, 0.3) is 0 Å². The summed E-state index contributed by atoms with van der Waals surface area (Å²) in [6.07, 6.45) is 2.23. The smallest absolute Gasteiger partial charge is 0.316 e. The van der Waals surface area contributed by atoms with E-state index in [2.05, 4.69) is 10.4 Å². The molecule has 5 nitrogen and oxygen atoms in total. The highest BCUT2D eigenvalue weighted by Crippen LogP contribution is 2.23. The largest absolute Gasteiger partial charge is 0.346 e. The van der Waals surface area contributed by atoms with Crippen LogP contribution in [0.15, 0.2) is 16.9 Å². The molecule has 1 fully saturated rings. The van der Waals surface area contributed by atoms with E-state index in [0.717, 1.165) is 41.0 Å². The molecule has 1 aliphatic heterocycles. The summed E-state index contributed by atoms with van der Waals surface area (Å²) in [7, 11) is 0. The Kier molecular flexibility index (Phi) is 6.09. The van der Waals surface area contributed by atoms with Crippen LogP contribution in [0, 0.1) is 0 Å². The number of halogens is 2. The summed E-state index contributed by atoms with van der Waals surface area (Å²) in [6, 6.07) is 3.81. The molecule has 0 saturated carbocycles. The Morgan fingerprint density at radius 2 is 2.32 bits per heavy atom. The van der Waals surface area contributed by atoms with E-state index in [1.54, 1.807) is 9.25 Å². The monoisotopic (exact) mass is 362 g/mol. The van der Waals surface area contributed by atoms with E-state index in [0.29, 0.717) is 19.0 Å². The minimum atomic E-state index is -0.0254.